The third-order valence-corrected chi connectivity index (χ3v) is 4.21. The Bertz CT molecular complexity index is 276. The van der Waals surface area contributed by atoms with Gasteiger partial charge in [-0.1, -0.05) is 6.42 Å². The second-order valence-corrected chi connectivity index (χ2v) is 4.85. The Hall–Kier alpha value is -0.410. The minimum absolute atomic E-state index is 0.0150. The van der Waals surface area contributed by atoms with E-state index in [-0.39, 0.29) is 23.6 Å². The quantitative estimate of drug-likeness (QED) is 0.634. The molecule has 0 aromatic heterocycles. The van der Waals surface area contributed by atoms with Gasteiger partial charge in [0, 0.05) is 13.5 Å². The standard InChI is InChI=1S/C11H16O3/c1-13-9-5-7-3-2-4-11(7)6-8(12)10(9)14-11/h7,9-10H,2-6H2,1H3/t7-,9+,10-,11+/m1/s1. The molecule has 1 aliphatic carbocycles. The van der Waals surface area contributed by atoms with Crippen LogP contribution in [0.15, 0.2) is 0 Å². The van der Waals surface area contributed by atoms with E-state index in [0.29, 0.717) is 12.3 Å². The predicted molar refractivity (Wildman–Crippen MR) is 50.0 cm³/mol. The van der Waals surface area contributed by atoms with Gasteiger partial charge in [-0.3, -0.25) is 4.79 Å². The topological polar surface area (TPSA) is 35.5 Å². The van der Waals surface area contributed by atoms with Crippen LogP contribution < -0.4 is 0 Å². The summed E-state index contributed by atoms with van der Waals surface area (Å²) >= 11 is 0. The number of ether oxygens (including phenoxy) is 2. The number of methoxy groups -OCH3 is 1. The minimum atomic E-state index is -0.255. The average molecular weight is 196 g/mol. The van der Waals surface area contributed by atoms with Gasteiger partial charge in [0.1, 0.15) is 6.10 Å². The Morgan fingerprint density at radius 2 is 2.43 bits per heavy atom. The molecule has 1 saturated carbocycles. The van der Waals surface area contributed by atoms with Crippen LogP contribution in [0.5, 0.6) is 0 Å². The molecule has 3 aliphatic rings. The fourth-order valence-electron chi connectivity index (χ4n) is 3.50. The van der Waals surface area contributed by atoms with Crippen LogP contribution in [0.3, 0.4) is 0 Å². The second kappa shape index (κ2) is 2.80. The summed E-state index contributed by atoms with van der Waals surface area (Å²) < 4.78 is 11.3. The van der Waals surface area contributed by atoms with Crippen LogP contribution in [0.1, 0.15) is 32.1 Å². The Morgan fingerprint density at radius 1 is 1.57 bits per heavy atom. The lowest BCUT2D eigenvalue weighted by atomic mass is 9.85. The van der Waals surface area contributed by atoms with E-state index < -0.39 is 0 Å². The SMILES string of the molecule is CO[C@H]1C[C@H]2CCC[C@]23CC(=O)[C@H]1O3. The van der Waals surface area contributed by atoms with Crippen molar-refractivity contribution in [3.63, 3.8) is 0 Å². The molecule has 4 atom stereocenters. The highest BCUT2D eigenvalue weighted by Crippen LogP contribution is 2.52. The first-order valence-electron chi connectivity index (χ1n) is 5.48. The highest BCUT2D eigenvalue weighted by Gasteiger charge is 2.59. The molecule has 14 heavy (non-hydrogen) atoms. The van der Waals surface area contributed by atoms with Crippen molar-refractivity contribution in [1.29, 1.82) is 0 Å². The normalized spacial score (nSPS) is 50.9. The van der Waals surface area contributed by atoms with Crippen LogP contribution in [0.25, 0.3) is 0 Å². The zero-order valence-electron chi connectivity index (χ0n) is 8.49. The van der Waals surface area contributed by atoms with Crippen LogP contribution in [-0.4, -0.2) is 30.7 Å². The van der Waals surface area contributed by atoms with Gasteiger partial charge in [-0.2, -0.15) is 0 Å². The Balaban J connectivity index is 1.94. The smallest absolute Gasteiger partial charge is 0.167 e. The molecule has 2 aliphatic heterocycles. The summed E-state index contributed by atoms with van der Waals surface area (Å²) in [6.07, 6.45) is 4.92. The molecular formula is C11H16O3. The lowest BCUT2D eigenvalue weighted by Gasteiger charge is -2.38. The van der Waals surface area contributed by atoms with Crippen molar-refractivity contribution in [2.24, 2.45) is 5.92 Å². The van der Waals surface area contributed by atoms with Gasteiger partial charge in [-0.05, 0) is 25.2 Å². The monoisotopic (exact) mass is 196 g/mol. The van der Waals surface area contributed by atoms with E-state index in [1.807, 2.05) is 0 Å². The number of hydrogen-bond donors (Lipinski definition) is 0. The summed E-state index contributed by atoms with van der Waals surface area (Å²) in [6, 6.07) is 0. The van der Waals surface area contributed by atoms with E-state index in [2.05, 4.69) is 0 Å². The van der Waals surface area contributed by atoms with E-state index in [1.165, 1.54) is 12.8 Å². The summed E-state index contributed by atoms with van der Waals surface area (Å²) in [5, 5.41) is 0. The summed E-state index contributed by atoms with van der Waals surface area (Å²) in [5.41, 5.74) is -0.0726. The van der Waals surface area contributed by atoms with Crippen molar-refractivity contribution in [3.05, 3.63) is 0 Å². The zero-order chi connectivity index (χ0) is 9.76. The highest BCUT2D eigenvalue weighted by atomic mass is 16.6. The van der Waals surface area contributed by atoms with Gasteiger partial charge in [-0.15, -0.1) is 0 Å². The number of fused-ring (bicyclic) bond motifs is 1. The summed E-state index contributed by atoms with van der Waals surface area (Å²) in [4.78, 5) is 11.8. The van der Waals surface area contributed by atoms with Gasteiger partial charge in [0.15, 0.2) is 5.78 Å². The first-order chi connectivity index (χ1) is 6.75. The lowest BCUT2D eigenvalue weighted by Crippen LogP contribution is -2.45. The van der Waals surface area contributed by atoms with Crippen molar-refractivity contribution in [2.75, 3.05) is 7.11 Å². The molecule has 3 heteroatoms. The molecule has 0 radical (unpaired) electrons. The summed E-state index contributed by atoms with van der Waals surface area (Å²) in [6.45, 7) is 0. The second-order valence-electron chi connectivity index (χ2n) is 4.85. The van der Waals surface area contributed by atoms with Gasteiger partial charge in [0.25, 0.3) is 0 Å². The first-order valence-corrected chi connectivity index (χ1v) is 5.48. The maximum atomic E-state index is 11.8. The molecule has 3 rings (SSSR count). The van der Waals surface area contributed by atoms with Gasteiger partial charge in [-0.25, -0.2) is 0 Å². The third kappa shape index (κ3) is 0.971. The molecule has 2 saturated heterocycles. The number of rotatable bonds is 1. The predicted octanol–water partition coefficient (Wildman–Crippen LogP) is 1.30. The highest BCUT2D eigenvalue weighted by molar-refractivity contribution is 5.87. The maximum Gasteiger partial charge on any atom is 0.167 e. The number of Topliss-reactive ketones (excluding diaryl/α,β-unsaturated/α-hetero) is 1. The molecule has 3 fully saturated rings. The van der Waals surface area contributed by atoms with Crippen LogP contribution in [-0.2, 0) is 14.3 Å². The van der Waals surface area contributed by atoms with Gasteiger partial charge in [0.05, 0.1) is 11.7 Å². The van der Waals surface area contributed by atoms with E-state index in [9.17, 15) is 4.79 Å². The van der Waals surface area contributed by atoms with E-state index in [4.69, 9.17) is 9.47 Å². The van der Waals surface area contributed by atoms with Gasteiger partial charge in [0.2, 0.25) is 0 Å². The number of carbonyl (C=O) groups excluding carboxylic acids is 1. The first kappa shape index (κ1) is 8.86. The molecular weight excluding hydrogens is 180 g/mol. The van der Waals surface area contributed by atoms with Crippen molar-refractivity contribution in [1.82, 2.24) is 0 Å². The van der Waals surface area contributed by atoms with E-state index in [0.717, 1.165) is 12.8 Å². The van der Waals surface area contributed by atoms with Crippen LogP contribution >= 0.6 is 0 Å². The Labute approximate surface area is 83.8 Å². The van der Waals surface area contributed by atoms with Gasteiger partial charge < -0.3 is 9.47 Å². The molecule has 0 N–H and O–H groups in total. The largest absolute Gasteiger partial charge is 0.378 e. The van der Waals surface area contributed by atoms with Crippen molar-refractivity contribution in [2.45, 2.75) is 49.9 Å². The Kier molecular flexibility index (Phi) is 1.77. The van der Waals surface area contributed by atoms with Crippen molar-refractivity contribution < 1.29 is 14.3 Å². The molecule has 78 valence electrons. The summed E-state index contributed by atoms with van der Waals surface area (Å²) in [7, 11) is 1.68. The maximum absolute atomic E-state index is 11.8. The van der Waals surface area contributed by atoms with Crippen molar-refractivity contribution >= 4 is 5.78 Å². The molecule has 1 spiro atoms. The summed E-state index contributed by atoms with van der Waals surface area (Å²) in [5.74, 6) is 0.830. The van der Waals surface area contributed by atoms with E-state index >= 15 is 0 Å². The molecule has 2 heterocycles. The number of ketones is 1. The number of carbonyl (C=O) groups is 1. The van der Waals surface area contributed by atoms with Crippen molar-refractivity contribution in [3.8, 4) is 0 Å². The fraction of sp³-hybridized carbons (Fsp3) is 0.909. The minimum Gasteiger partial charge on any atom is -0.378 e. The molecule has 2 bridgehead atoms. The Morgan fingerprint density at radius 3 is 3.21 bits per heavy atom. The van der Waals surface area contributed by atoms with Crippen LogP contribution in [0.4, 0.5) is 0 Å². The molecule has 0 unspecified atom stereocenters. The van der Waals surface area contributed by atoms with Crippen LogP contribution in [0.2, 0.25) is 0 Å². The molecule has 0 aromatic carbocycles. The molecule has 0 aromatic rings. The third-order valence-electron chi connectivity index (χ3n) is 4.21. The van der Waals surface area contributed by atoms with E-state index in [1.54, 1.807) is 7.11 Å². The van der Waals surface area contributed by atoms with Crippen LogP contribution in [0, 0.1) is 5.92 Å². The molecule has 3 nitrogen and oxygen atoms in total. The lowest BCUT2D eigenvalue weighted by molar-refractivity contribution is -0.165. The fourth-order valence-corrected chi connectivity index (χ4v) is 3.50. The van der Waals surface area contributed by atoms with Gasteiger partial charge >= 0.3 is 0 Å². The zero-order valence-corrected chi connectivity index (χ0v) is 8.49. The molecule has 0 amide bonds. The number of hydrogen-bond acceptors (Lipinski definition) is 3. The average Bonchev–Trinajstić information content (AvgIpc) is 2.69.